The molecule has 2 N–H and O–H groups in total. The molecule has 0 spiro atoms. The van der Waals surface area contributed by atoms with Gasteiger partial charge in [0.15, 0.2) is 0 Å². The number of amides is 1. The normalized spacial score (nSPS) is 14.7. The molecule has 4 nitrogen and oxygen atoms in total. The van der Waals surface area contributed by atoms with Gasteiger partial charge < -0.3 is 15.5 Å². The molecule has 0 fully saturated rings. The molecule has 2 rings (SSSR count). The molecule has 104 valence electrons. The van der Waals surface area contributed by atoms with E-state index in [-0.39, 0.29) is 5.91 Å². The highest BCUT2D eigenvalue weighted by Gasteiger charge is 2.16. The van der Waals surface area contributed by atoms with Crippen molar-refractivity contribution in [3.63, 3.8) is 0 Å². The van der Waals surface area contributed by atoms with E-state index < -0.39 is 0 Å². The molecule has 0 saturated carbocycles. The average Bonchev–Trinajstić information content (AvgIpc) is 2.62. The number of nitrogens with one attached hydrogen (secondary N) is 2. The lowest BCUT2D eigenvalue weighted by Gasteiger charge is -2.23. The number of benzene rings is 1. The zero-order valence-corrected chi connectivity index (χ0v) is 11.6. The number of unbranched alkanes of at least 4 members (excludes halogenated alkanes) is 1. The summed E-state index contributed by atoms with van der Waals surface area (Å²) >= 11 is 0. The molecular weight excluding hydrogens is 238 g/mol. The van der Waals surface area contributed by atoms with Crippen molar-refractivity contribution in [3.8, 4) is 0 Å². The van der Waals surface area contributed by atoms with Gasteiger partial charge in [-0.1, -0.05) is 31.5 Å². The molecule has 0 bridgehead atoms. The second-order valence-electron chi connectivity index (χ2n) is 4.93. The molecule has 1 amide bonds. The molecule has 1 aromatic rings. The van der Waals surface area contributed by atoms with E-state index in [0.717, 1.165) is 39.0 Å². The maximum Gasteiger partial charge on any atom is 0.239 e. The summed E-state index contributed by atoms with van der Waals surface area (Å²) in [6, 6.07) is 8.30. The van der Waals surface area contributed by atoms with E-state index in [4.69, 9.17) is 0 Å². The summed E-state index contributed by atoms with van der Waals surface area (Å²) in [6.45, 7) is 6.02. The van der Waals surface area contributed by atoms with Crippen molar-refractivity contribution >= 4 is 11.6 Å². The van der Waals surface area contributed by atoms with Crippen LogP contribution in [0.5, 0.6) is 0 Å². The van der Waals surface area contributed by atoms with Gasteiger partial charge in [0.2, 0.25) is 5.91 Å². The Morgan fingerprint density at radius 3 is 3.11 bits per heavy atom. The highest BCUT2D eigenvalue weighted by molar-refractivity contribution is 5.81. The average molecular weight is 261 g/mol. The summed E-state index contributed by atoms with van der Waals surface area (Å²) in [5, 5.41) is 6.37. The van der Waals surface area contributed by atoms with Gasteiger partial charge in [-0.15, -0.1) is 0 Å². The first-order valence-corrected chi connectivity index (χ1v) is 7.11. The fraction of sp³-hybridized carbons (Fsp3) is 0.533. The van der Waals surface area contributed by atoms with Crippen LogP contribution in [-0.2, 0) is 11.3 Å². The molecule has 1 aliphatic heterocycles. The van der Waals surface area contributed by atoms with Crippen molar-refractivity contribution in [1.82, 2.24) is 10.6 Å². The summed E-state index contributed by atoms with van der Waals surface area (Å²) < 4.78 is 0. The van der Waals surface area contributed by atoms with Crippen LogP contribution in [0, 0.1) is 0 Å². The maximum atomic E-state index is 11.9. The van der Waals surface area contributed by atoms with Crippen molar-refractivity contribution < 1.29 is 4.79 Å². The van der Waals surface area contributed by atoms with Crippen LogP contribution >= 0.6 is 0 Å². The molecule has 1 aliphatic rings. The van der Waals surface area contributed by atoms with Crippen LogP contribution < -0.4 is 15.5 Å². The van der Waals surface area contributed by atoms with E-state index in [1.807, 2.05) is 12.1 Å². The molecule has 0 unspecified atom stereocenters. The van der Waals surface area contributed by atoms with Gasteiger partial charge >= 0.3 is 0 Å². The smallest absolute Gasteiger partial charge is 0.239 e. The Labute approximate surface area is 115 Å². The van der Waals surface area contributed by atoms with Crippen molar-refractivity contribution in [2.75, 3.05) is 31.1 Å². The van der Waals surface area contributed by atoms with Gasteiger partial charge in [-0.25, -0.2) is 0 Å². The SMILES string of the molecule is CCCCNC(=O)CN1CCNCc2ccccc21. The Morgan fingerprint density at radius 2 is 2.26 bits per heavy atom. The van der Waals surface area contributed by atoms with Crippen LogP contribution in [0.3, 0.4) is 0 Å². The Bertz CT molecular complexity index is 420. The van der Waals surface area contributed by atoms with E-state index in [9.17, 15) is 4.79 Å². The van der Waals surface area contributed by atoms with Gasteiger partial charge in [-0.3, -0.25) is 4.79 Å². The molecule has 0 aromatic heterocycles. The molecular formula is C15H23N3O. The minimum Gasteiger partial charge on any atom is -0.361 e. The molecule has 1 heterocycles. The third kappa shape index (κ3) is 3.96. The van der Waals surface area contributed by atoms with Gasteiger partial charge in [0.25, 0.3) is 0 Å². The second kappa shape index (κ2) is 7.14. The van der Waals surface area contributed by atoms with Crippen LogP contribution in [0.2, 0.25) is 0 Å². The molecule has 0 radical (unpaired) electrons. The number of nitrogens with zero attached hydrogens (tertiary/aromatic N) is 1. The van der Waals surface area contributed by atoms with Gasteiger partial charge in [0.05, 0.1) is 6.54 Å². The van der Waals surface area contributed by atoms with E-state index in [2.05, 4.69) is 34.6 Å². The van der Waals surface area contributed by atoms with Crippen molar-refractivity contribution in [2.45, 2.75) is 26.3 Å². The van der Waals surface area contributed by atoms with Crippen LogP contribution in [-0.4, -0.2) is 32.1 Å². The minimum absolute atomic E-state index is 0.116. The van der Waals surface area contributed by atoms with E-state index in [0.29, 0.717) is 6.54 Å². The Hall–Kier alpha value is -1.55. The topological polar surface area (TPSA) is 44.4 Å². The highest BCUT2D eigenvalue weighted by atomic mass is 16.2. The van der Waals surface area contributed by atoms with Crippen molar-refractivity contribution in [1.29, 1.82) is 0 Å². The maximum absolute atomic E-state index is 11.9. The summed E-state index contributed by atoms with van der Waals surface area (Å²) in [4.78, 5) is 14.1. The first kappa shape index (κ1) is 13.9. The largest absolute Gasteiger partial charge is 0.361 e. The van der Waals surface area contributed by atoms with Gasteiger partial charge in [-0.05, 0) is 18.1 Å². The number of hydrogen-bond donors (Lipinski definition) is 2. The third-order valence-electron chi connectivity index (χ3n) is 3.39. The molecule has 4 heteroatoms. The fourth-order valence-electron chi connectivity index (χ4n) is 2.32. The summed E-state index contributed by atoms with van der Waals surface area (Å²) in [5.41, 5.74) is 2.44. The quantitative estimate of drug-likeness (QED) is 0.790. The van der Waals surface area contributed by atoms with Gasteiger partial charge in [-0.2, -0.15) is 0 Å². The Kier molecular flexibility index (Phi) is 5.21. The zero-order chi connectivity index (χ0) is 13.5. The predicted molar refractivity (Wildman–Crippen MR) is 78.3 cm³/mol. The molecule has 0 saturated heterocycles. The third-order valence-corrected chi connectivity index (χ3v) is 3.39. The first-order chi connectivity index (χ1) is 9.31. The van der Waals surface area contributed by atoms with Crippen LogP contribution in [0.1, 0.15) is 25.3 Å². The number of hydrogen-bond acceptors (Lipinski definition) is 3. The lowest BCUT2D eigenvalue weighted by atomic mass is 10.1. The summed E-state index contributed by atoms with van der Waals surface area (Å²) in [6.07, 6.45) is 2.15. The summed E-state index contributed by atoms with van der Waals surface area (Å²) in [5.74, 6) is 0.116. The van der Waals surface area contributed by atoms with Crippen molar-refractivity contribution in [3.05, 3.63) is 29.8 Å². The van der Waals surface area contributed by atoms with Gasteiger partial charge in [0.1, 0.15) is 0 Å². The second-order valence-corrected chi connectivity index (χ2v) is 4.93. The van der Waals surface area contributed by atoms with E-state index in [1.54, 1.807) is 0 Å². The van der Waals surface area contributed by atoms with Gasteiger partial charge in [0, 0.05) is 31.9 Å². The molecule has 0 aliphatic carbocycles. The lowest BCUT2D eigenvalue weighted by Crippen LogP contribution is -2.39. The van der Waals surface area contributed by atoms with E-state index in [1.165, 1.54) is 11.3 Å². The number of fused-ring (bicyclic) bond motifs is 1. The number of carbonyl (C=O) groups is 1. The predicted octanol–water partition coefficient (Wildman–Crippen LogP) is 1.51. The van der Waals surface area contributed by atoms with Crippen LogP contribution in [0.4, 0.5) is 5.69 Å². The molecule has 19 heavy (non-hydrogen) atoms. The number of carbonyl (C=O) groups excluding carboxylic acids is 1. The first-order valence-electron chi connectivity index (χ1n) is 7.11. The number of rotatable bonds is 5. The van der Waals surface area contributed by atoms with Crippen molar-refractivity contribution in [2.24, 2.45) is 0 Å². The monoisotopic (exact) mass is 261 g/mol. The minimum atomic E-state index is 0.116. The Morgan fingerprint density at radius 1 is 1.42 bits per heavy atom. The molecule has 1 aromatic carbocycles. The van der Waals surface area contributed by atoms with Crippen LogP contribution in [0.25, 0.3) is 0 Å². The zero-order valence-electron chi connectivity index (χ0n) is 11.6. The van der Waals surface area contributed by atoms with Crippen LogP contribution in [0.15, 0.2) is 24.3 Å². The molecule has 0 atom stereocenters. The Balaban J connectivity index is 1.98. The summed E-state index contributed by atoms with van der Waals surface area (Å²) in [7, 11) is 0. The van der Waals surface area contributed by atoms with E-state index >= 15 is 0 Å². The number of anilines is 1. The standard InChI is InChI=1S/C15H23N3O/c1-2-3-8-17-15(19)12-18-10-9-16-11-13-6-4-5-7-14(13)18/h4-7,16H,2-3,8-12H2,1H3,(H,17,19). The lowest BCUT2D eigenvalue weighted by molar-refractivity contribution is -0.119. The number of para-hydroxylation sites is 1. The fourth-order valence-corrected chi connectivity index (χ4v) is 2.32. The highest BCUT2D eigenvalue weighted by Crippen LogP contribution is 2.21.